The molecule has 2 bridgehead atoms. The number of ether oxygens (including phenoxy) is 1. The Bertz CT molecular complexity index is 578. The van der Waals surface area contributed by atoms with Crippen molar-refractivity contribution < 1.29 is 14.6 Å². The molecule has 3 rings (SSSR count). The molecule has 2 atom stereocenters. The Morgan fingerprint density at radius 1 is 1.30 bits per heavy atom. The third-order valence-corrected chi connectivity index (χ3v) is 4.94. The van der Waals surface area contributed by atoms with Gasteiger partial charge in [0.05, 0.1) is 5.60 Å². The second kappa shape index (κ2) is 6.64. The Labute approximate surface area is 137 Å². The molecule has 0 aliphatic carbocycles. The molecular formula is C19H23NO3. The first kappa shape index (κ1) is 15.9. The van der Waals surface area contributed by atoms with Gasteiger partial charge in [0.15, 0.2) is 0 Å². The minimum atomic E-state index is -0.833. The smallest absolute Gasteiger partial charge is 0.410 e. The summed E-state index contributed by atoms with van der Waals surface area (Å²) in [6.45, 7) is 0.282. The lowest BCUT2D eigenvalue weighted by atomic mass is 9.74. The van der Waals surface area contributed by atoms with Crippen LogP contribution in [-0.2, 0) is 11.3 Å². The van der Waals surface area contributed by atoms with Gasteiger partial charge in [-0.25, -0.2) is 4.79 Å². The quantitative estimate of drug-likeness (QED) is 0.872. The van der Waals surface area contributed by atoms with E-state index in [0.717, 1.165) is 24.8 Å². The summed E-state index contributed by atoms with van der Waals surface area (Å²) in [4.78, 5) is 14.4. The van der Waals surface area contributed by atoms with E-state index in [1.807, 2.05) is 35.2 Å². The van der Waals surface area contributed by atoms with Crippen molar-refractivity contribution in [1.29, 1.82) is 0 Å². The third-order valence-electron chi connectivity index (χ3n) is 4.94. The number of amides is 1. The number of piperidine rings is 2. The maximum Gasteiger partial charge on any atom is 0.410 e. The Hall–Kier alpha value is -1.99. The molecule has 1 N–H and O–H groups in total. The molecule has 2 saturated heterocycles. The van der Waals surface area contributed by atoms with E-state index in [0.29, 0.717) is 19.3 Å². The molecule has 2 unspecified atom stereocenters. The van der Waals surface area contributed by atoms with Crippen molar-refractivity contribution in [2.75, 3.05) is 0 Å². The van der Waals surface area contributed by atoms with E-state index in [4.69, 9.17) is 11.2 Å². The first-order valence-electron chi connectivity index (χ1n) is 8.26. The van der Waals surface area contributed by atoms with Crippen molar-refractivity contribution in [3.05, 3.63) is 35.9 Å². The van der Waals surface area contributed by atoms with Gasteiger partial charge in [0, 0.05) is 18.5 Å². The van der Waals surface area contributed by atoms with Crippen molar-refractivity contribution in [3.63, 3.8) is 0 Å². The standard InChI is InChI=1S/C19H23NO3/c1-2-11-19(22)12-16-9-6-10-17(13-19)20(16)18(21)23-14-15-7-4-3-5-8-15/h1,3-5,7-8,16-17,22H,6,9-14H2. The number of aliphatic hydroxyl groups is 1. The number of fused-ring (bicyclic) bond motifs is 2. The van der Waals surface area contributed by atoms with Crippen molar-refractivity contribution >= 4 is 6.09 Å². The van der Waals surface area contributed by atoms with Crippen molar-refractivity contribution in [2.45, 2.75) is 62.8 Å². The lowest BCUT2D eigenvalue weighted by molar-refractivity contribution is -0.0822. The third kappa shape index (κ3) is 3.51. The average Bonchev–Trinajstić information content (AvgIpc) is 2.53. The van der Waals surface area contributed by atoms with Crippen LogP contribution in [0.4, 0.5) is 4.79 Å². The summed E-state index contributed by atoms with van der Waals surface area (Å²) >= 11 is 0. The topological polar surface area (TPSA) is 49.8 Å². The van der Waals surface area contributed by atoms with E-state index in [1.165, 1.54) is 0 Å². The van der Waals surface area contributed by atoms with Crippen LogP contribution in [0.5, 0.6) is 0 Å². The zero-order valence-corrected chi connectivity index (χ0v) is 13.3. The molecule has 23 heavy (non-hydrogen) atoms. The lowest BCUT2D eigenvalue weighted by Gasteiger charge is -2.50. The summed E-state index contributed by atoms with van der Waals surface area (Å²) in [7, 11) is 0. The van der Waals surface area contributed by atoms with Crippen LogP contribution in [0.3, 0.4) is 0 Å². The normalized spacial score (nSPS) is 29.7. The highest BCUT2D eigenvalue weighted by atomic mass is 16.6. The van der Waals surface area contributed by atoms with Gasteiger partial charge in [-0.2, -0.15) is 0 Å². The molecule has 2 heterocycles. The van der Waals surface area contributed by atoms with Crippen LogP contribution >= 0.6 is 0 Å². The number of carbonyl (C=O) groups is 1. The van der Waals surface area contributed by atoms with E-state index in [-0.39, 0.29) is 24.8 Å². The zero-order chi connectivity index (χ0) is 16.3. The summed E-state index contributed by atoms with van der Waals surface area (Å²) in [5.41, 5.74) is 0.146. The van der Waals surface area contributed by atoms with Gasteiger partial charge >= 0.3 is 6.09 Å². The second-order valence-electron chi connectivity index (χ2n) is 6.70. The highest BCUT2D eigenvalue weighted by molar-refractivity contribution is 5.69. The predicted octanol–water partition coefficient (Wildman–Crippen LogP) is 3.09. The number of carbonyl (C=O) groups excluding carboxylic acids is 1. The van der Waals surface area contributed by atoms with E-state index >= 15 is 0 Å². The van der Waals surface area contributed by atoms with E-state index in [1.54, 1.807) is 0 Å². The number of rotatable bonds is 3. The van der Waals surface area contributed by atoms with Crippen LogP contribution < -0.4 is 0 Å². The molecule has 0 radical (unpaired) electrons. The fourth-order valence-corrected chi connectivity index (χ4v) is 3.95. The van der Waals surface area contributed by atoms with Gasteiger partial charge in [0.25, 0.3) is 0 Å². The van der Waals surface area contributed by atoms with Crippen LogP contribution in [0.2, 0.25) is 0 Å². The maximum atomic E-state index is 12.5. The number of nitrogens with zero attached hydrogens (tertiary/aromatic N) is 1. The molecule has 0 spiro atoms. The molecule has 1 amide bonds. The van der Waals surface area contributed by atoms with Crippen LogP contribution in [0.25, 0.3) is 0 Å². The zero-order valence-electron chi connectivity index (χ0n) is 13.3. The first-order chi connectivity index (χ1) is 11.1. The maximum absolute atomic E-state index is 12.5. The van der Waals surface area contributed by atoms with Gasteiger partial charge in [-0.1, -0.05) is 30.3 Å². The molecule has 1 aromatic carbocycles. The number of benzene rings is 1. The Morgan fingerprint density at radius 2 is 1.96 bits per heavy atom. The van der Waals surface area contributed by atoms with Gasteiger partial charge in [-0.15, -0.1) is 12.3 Å². The number of hydrogen-bond donors (Lipinski definition) is 1. The van der Waals surface area contributed by atoms with Gasteiger partial charge < -0.3 is 14.7 Å². The fraction of sp³-hybridized carbons (Fsp3) is 0.526. The van der Waals surface area contributed by atoms with Crippen molar-refractivity contribution in [2.24, 2.45) is 0 Å². The summed E-state index contributed by atoms with van der Waals surface area (Å²) in [6.07, 6.45) is 9.47. The molecule has 4 nitrogen and oxygen atoms in total. The van der Waals surface area contributed by atoms with Crippen LogP contribution in [0, 0.1) is 12.3 Å². The lowest BCUT2D eigenvalue weighted by Crippen LogP contribution is -2.59. The monoisotopic (exact) mass is 313 g/mol. The van der Waals surface area contributed by atoms with E-state index in [2.05, 4.69) is 5.92 Å². The molecule has 1 aromatic rings. The largest absolute Gasteiger partial charge is 0.445 e. The molecule has 122 valence electrons. The minimum absolute atomic E-state index is 0.0316. The molecule has 0 aromatic heterocycles. The number of terminal acetylenes is 1. The highest BCUT2D eigenvalue weighted by Crippen LogP contribution is 2.40. The first-order valence-corrected chi connectivity index (χ1v) is 8.26. The van der Waals surface area contributed by atoms with Crippen molar-refractivity contribution in [1.82, 2.24) is 4.90 Å². The SMILES string of the molecule is C#CCC1(O)CC2CCCC(C1)N2C(=O)OCc1ccccc1. The van der Waals surface area contributed by atoms with Gasteiger partial charge in [0.1, 0.15) is 6.61 Å². The van der Waals surface area contributed by atoms with Crippen molar-refractivity contribution in [3.8, 4) is 12.3 Å². The molecule has 2 aliphatic heterocycles. The van der Waals surface area contributed by atoms with Gasteiger partial charge in [-0.05, 0) is 37.7 Å². The highest BCUT2D eigenvalue weighted by Gasteiger charge is 2.47. The van der Waals surface area contributed by atoms with Crippen LogP contribution in [0.1, 0.15) is 44.1 Å². The summed E-state index contributed by atoms with van der Waals surface area (Å²) in [5.74, 6) is 2.57. The summed E-state index contributed by atoms with van der Waals surface area (Å²) in [5, 5.41) is 10.7. The van der Waals surface area contributed by atoms with E-state index in [9.17, 15) is 9.90 Å². The Balaban J connectivity index is 1.65. The molecule has 0 saturated carbocycles. The summed E-state index contributed by atoms with van der Waals surface area (Å²) < 4.78 is 5.50. The fourth-order valence-electron chi connectivity index (χ4n) is 3.95. The summed E-state index contributed by atoms with van der Waals surface area (Å²) in [6, 6.07) is 9.74. The number of hydrogen-bond acceptors (Lipinski definition) is 3. The molecule has 2 fully saturated rings. The molecule has 2 aliphatic rings. The minimum Gasteiger partial charge on any atom is -0.445 e. The van der Waals surface area contributed by atoms with E-state index < -0.39 is 5.60 Å². The Kier molecular flexibility index (Phi) is 4.58. The van der Waals surface area contributed by atoms with Gasteiger partial charge in [0.2, 0.25) is 0 Å². The predicted molar refractivity (Wildman–Crippen MR) is 87.5 cm³/mol. The molecular weight excluding hydrogens is 290 g/mol. The van der Waals surface area contributed by atoms with Crippen LogP contribution in [0.15, 0.2) is 30.3 Å². The molecule has 4 heteroatoms. The second-order valence-corrected chi connectivity index (χ2v) is 6.70. The van der Waals surface area contributed by atoms with Gasteiger partial charge in [-0.3, -0.25) is 0 Å². The van der Waals surface area contributed by atoms with Crippen LogP contribution in [-0.4, -0.2) is 33.8 Å². The average molecular weight is 313 g/mol. The Morgan fingerprint density at radius 3 is 2.57 bits per heavy atom.